The summed E-state index contributed by atoms with van der Waals surface area (Å²) in [7, 11) is 1.64. The summed E-state index contributed by atoms with van der Waals surface area (Å²) in [4.78, 5) is 30.9. The van der Waals surface area contributed by atoms with Crippen LogP contribution >= 0.6 is 0 Å². The fourth-order valence-corrected chi connectivity index (χ4v) is 2.70. The Morgan fingerprint density at radius 3 is 2.67 bits per heavy atom. The summed E-state index contributed by atoms with van der Waals surface area (Å²) in [6.45, 7) is 4.02. The van der Waals surface area contributed by atoms with Crippen molar-refractivity contribution < 1.29 is 18.7 Å². The molecule has 0 bridgehead atoms. The molecule has 0 radical (unpaired) electrons. The zero-order chi connectivity index (χ0) is 19.4. The molecule has 27 heavy (non-hydrogen) atoms. The standard InChI is InChI=1S/C21H22N2O4/c1-14(2)19-11-17(16-8-4-5-9-18(16)22-19)21(25)27-13-20(24)23(3)12-15-7-6-10-26-15/h4-11,14H,12-13H2,1-3H3. The lowest BCUT2D eigenvalue weighted by Gasteiger charge is -2.16. The molecular weight excluding hydrogens is 344 g/mol. The van der Waals surface area contributed by atoms with Gasteiger partial charge in [-0.3, -0.25) is 9.78 Å². The van der Waals surface area contributed by atoms with Gasteiger partial charge in [0.25, 0.3) is 5.91 Å². The molecule has 0 atom stereocenters. The minimum Gasteiger partial charge on any atom is -0.467 e. The Bertz CT molecular complexity index is 948. The van der Waals surface area contributed by atoms with Crippen LogP contribution in [0.1, 0.15) is 41.6 Å². The highest BCUT2D eigenvalue weighted by Gasteiger charge is 2.18. The molecule has 3 rings (SSSR count). The minimum absolute atomic E-state index is 0.169. The second-order valence-electron chi connectivity index (χ2n) is 6.67. The monoisotopic (exact) mass is 366 g/mol. The molecule has 0 aliphatic carbocycles. The molecule has 140 valence electrons. The number of carbonyl (C=O) groups excluding carboxylic acids is 2. The maximum atomic E-state index is 12.6. The first-order chi connectivity index (χ1) is 13.0. The average molecular weight is 366 g/mol. The number of rotatable bonds is 6. The van der Waals surface area contributed by atoms with Crippen molar-refractivity contribution in [1.29, 1.82) is 0 Å². The number of fused-ring (bicyclic) bond motifs is 1. The number of likely N-dealkylation sites (N-methyl/N-ethyl adjacent to an activating group) is 1. The van der Waals surface area contributed by atoms with Crippen LogP contribution in [0.3, 0.4) is 0 Å². The summed E-state index contributed by atoms with van der Waals surface area (Å²) in [5, 5.41) is 0.711. The first kappa shape index (κ1) is 18.6. The number of para-hydroxylation sites is 1. The number of pyridine rings is 1. The molecule has 0 aliphatic heterocycles. The topological polar surface area (TPSA) is 72.6 Å². The molecule has 0 saturated carbocycles. The van der Waals surface area contributed by atoms with Crippen molar-refractivity contribution in [3.63, 3.8) is 0 Å². The van der Waals surface area contributed by atoms with Gasteiger partial charge in [-0.25, -0.2) is 4.79 Å². The molecule has 6 heteroatoms. The molecule has 0 saturated heterocycles. The number of hydrogen-bond donors (Lipinski definition) is 0. The Labute approximate surface area is 157 Å². The average Bonchev–Trinajstić information content (AvgIpc) is 3.17. The predicted octanol–water partition coefficient (Wildman–Crippen LogP) is 3.77. The molecule has 2 heterocycles. The Morgan fingerprint density at radius 2 is 1.96 bits per heavy atom. The number of ether oxygens (including phenoxy) is 1. The van der Waals surface area contributed by atoms with Crippen molar-refractivity contribution in [3.8, 4) is 0 Å². The lowest BCUT2D eigenvalue weighted by molar-refractivity contribution is -0.133. The van der Waals surface area contributed by atoms with Gasteiger partial charge >= 0.3 is 5.97 Å². The number of furan rings is 1. The van der Waals surface area contributed by atoms with E-state index >= 15 is 0 Å². The van der Waals surface area contributed by atoms with Gasteiger partial charge in [0, 0.05) is 18.1 Å². The third-order valence-electron chi connectivity index (χ3n) is 4.27. The van der Waals surface area contributed by atoms with E-state index in [0.29, 0.717) is 23.3 Å². The van der Waals surface area contributed by atoms with Crippen molar-refractivity contribution in [2.45, 2.75) is 26.3 Å². The number of hydrogen-bond acceptors (Lipinski definition) is 5. The second-order valence-corrected chi connectivity index (χ2v) is 6.67. The fraction of sp³-hybridized carbons (Fsp3) is 0.286. The van der Waals surface area contributed by atoms with Gasteiger partial charge < -0.3 is 14.1 Å². The van der Waals surface area contributed by atoms with Crippen LogP contribution in [-0.2, 0) is 16.1 Å². The molecule has 0 spiro atoms. The Balaban J connectivity index is 1.73. The summed E-state index contributed by atoms with van der Waals surface area (Å²) >= 11 is 0. The summed E-state index contributed by atoms with van der Waals surface area (Å²) in [6.07, 6.45) is 1.55. The number of nitrogens with zero attached hydrogens (tertiary/aromatic N) is 2. The summed E-state index contributed by atoms with van der Waals surface area (Å²) in [6, 6.07) is 12.7. The van der Waals surface area contributed by atoms with Crippen LogP contribution in [0.2, 0.25) is 0 Å². The highest BCUT2D eigenvalue weighted by atomic mass is 16.5. The predicted molar refractivity (Wildman–Crippen MR) is 101 cm³/mol. The van der Waals surface area contributed by atoms with Gasteiger partial charge in [0.05, 0.1) is 23.9 Å². The number of benzene rings is 1. The summed E-state index contributed by atoms with van der Waals surface area (Å²) in [5.74, 6) is -0.00135. The molecular formula is C21H22N2O4. The Kier molecular flexibility index (Phi) is 5.54. The zero-order valence-corrected chi connectivity index (χ0v) is 15.6. The van der Waals surface area contributed by atoms with E-state index in [4.69, 9.17) is 9.15 Å². The van der Waals surface area contributed by atoms with E-state index in [1.54, 1.807) is 31.5 Å². The second kappa shape index (κ2) is 8.03. The molecule has 6 nitrogen and oxygen atoms in total. The maximum Gasteiger partial charge on any atom is 0.339 e. The van der Waals surface area contributed by atoms with Gasteiger partial charge in [0.1, 0.15) is 5.76 Å². The van der Waals surface area contributed by atoms with Gasteiger partial charge in [0.15, 0.2) is 6.61 Å². The molecule has 3 aromatic rings. The Morgan fingerprint density at radius 1 is 1.19 bits per heavy atom. The molecule has 1 aromatic carbocycles. The third-order valence-corrected chi connectivity index (χ3v) is 4.27. The molecule has 0 fully saturated rings. The molecule has 1 amide bonds. The smallest absolute Gasteiger partial charge is 0.339 e. The van der Waals surface area contributed by atoms with E-state index < -0.39 is 5.97 Å². The minimum atomic E-state index is -0.532. The lowest BCUT2D eigenvalue weighted by Crippen LogP contribution is -2.30. The molecule has 2 aromatic heterocycles. The normalized spacial score (nSPS) is 11.0. The van der Waals surface area contributed by atoms with Crippen LogP contribution < -0.4 is 0 Å². The highest BCUT2D eigenvalue weighted by Crippen LogP contribution is 2.23. The number of aromatic nitrogens is 1. The lowest BCUT2D eigenvalue weighted by atomic mass is 10.0. The van der Waals surface area contributed by atoms with E-state index in [0.717, 1.165) is 11.2 Å². The quantitative estimate of drug-likeness (QED) is 0.621. The van der Waals surface area contributed by atoms with Crippen LogP contribution in [0.5, 0.6) is 0 Å². The SMILES string of the molecule is CC(C)c1cc(C(=O)OCC(=O)N(C)Cc2ccco2)c2ccccc2n1. The van der Waals surface area contributed by atoms with E-state index in [1.165, 1.54) is 4.90 Å². The van der Waals surface area contributed by atoms with Crippen molar-refractivity contribution in [2.24, 2.45) is 0 Å². The molecule has 0 N–H and O–H groups in total. The van der Waals surface area contributed by atoms with Gasteiger partial charge in [-0.2, -0.15) is 0 Å². The van der Waals surface area contributed by atoms with Crippen molar-refractivity contribution in [1.82, 2.24) is 9.88 Å². The first-order valence-electron chi connectivity index (χ1n) is 8.79. The zero-order valence-electron chi connectivity index (χ0n) is 15.6. The largest absolute Gasteiger partial charge is 0.467 e. The van der Waals surface area contributed by atoms with Crippen LogP contribution in [0, 0.1) is 0 Å². The van der Waals surface area contributed by atoms with Crippen LogP contribution in [0.15, 0.2) is 53.1 Å². The van der Waals surface area contributed by atoms with E-state index in [2.05, 4.69) is 4.98 Å². The maximum absolute atomic E-state index is 12.6. The van der Waals surface area contributed by atoms with Crippen molar-refractivity contribution in [3.05, 3.63) is 65.7 Å². The van der Waals surface area contributed by atoms with Crippen molar-refractivity contribution >= 4 is 22.8 Å². The van der Waals surface area contributed by atoms with Crippen molar-refractivity contribution in [2.75, 3.05) is 13.7 Å². The van der Waals surface area contributed by atoms with E-state index in [9.17, 15) is 9.59 Å². The third kappa shape index (κ3) is 4.34. The molecule has 0 aliphatic rings. The fourth-order valence-electron chi connectivity index (χ4n) is 2.70. The highest BCUT2D eigenvalue weighted by molar-refractivity contribution is 6.04. The first-order valence-corrected chi connectivity index (χ1v) is 8.79. The van der Waals surface area contributed by atoms with Crippen LogP contribution in [-0.4, -0.2) is 35.4 Å². The Hall–Kier alpha value is -3.15. The van der Waals surface area contributed by atoms with Gasteiger partial charge in [0.2, 0.25) is 0 Å². The summed E-state index contributed by atoms with van der Waals surface area (Å²) in [5.41, 5.74) is 1.96. The van der Waals surface area contributed by atoms with Gasteiger partial charge in [-0.15, -0.1) is 0 Å². The van der Waals surface area contributed by atoms with E-state index in [-0.39, 0.29) is 18.4 Å². The summed E-state index contributed by atoms with van der Waals surface area (Å²) < 4.78 is 10.5. The number of esters is 1. The van der Waals surface area contributed by atoms with Gasteiger partial charge in [-0.1, -0.05) is 32.0 Å². The van der Waals surface area contributed by atoms with Crippen LogP contribution in [0.4, 0.5) is 0 Å². The number of carbonyl (C=O) groups is 2. The van der Waals surface area contributed by atoms with E-state index in [1.807, 2.05) is 38.1 Å². The van der Waals surface area contributed by atoms with Crippen LogP contribution in [0.25, 0.3) is 10.9 Å². The van der Waals surface area contributed by atoms with Gasteiger partial charge in [-0.05, 0) is 30.2 Å². The molecule has 0 unspecified atom stereocenters. The number of amides is 1.